The fraction of sp³-hybridized carbons (Fsp3) is 0.500. The lowest BCUT2D eigenvalue weighted by molar-refractivity contribution is 0.0287. The third-order valence-corrected chi connectivity index (χ3v) is 6.39. The zero-order chi connectivity index (χ0) is 26.9. The number of aromatic nitrogens is 4. The van der Waals surface area contributed by atoms with Gasteiger partial charge < -0.3 is 19.9 Å². The molecule has 1 atom stereocenters. The fourth-order valence-electron chi connectivity index (χ4n) is 4.61. The first kappa shape index (κ1) is 26.2. The summed E-state index contributed by atoms with van der Waals surface area (Å²) in [5, 5.41) is 7.29. The van der Waals surface area contributed by atoms with E-state index in [4.69, 9.17) is 10.5 Å². The van der Waals surface area contributed by atoms with Crippen LogP contribution in [-0.2, 0) is 17.8 Å². The number of imidazole rings is 1. The highest BCUT2D eigenvalue weighted by molar-refractivity contribution is 6.03. The number of hydrogen-bond donors (Lipinski definition) is 2. The number of fused-ring (bicyclic) bond motifs is 1. The summed E-state index contributed by atoms with van der Waals surface area (Å²) in [5.41, 5.74) is 7.81. The monoisotopic (exact) mass is 509 g/mol. The predicted octanol–water partition coefficient (Wildman–Crippen LogP) is 3.56. The van der Waals surface area contributed by atoms with Crippen molar-refractivity contribution in [2.24, 2.45) is 11.7 Å². The molecular weight excluding hydrogens is 474 g/mol. The summed E-state index contributed by atoms with van der Waals surface area (Å²) in [6, 6.07) is 6.81. The van der Waals surface area contributed by atoms with Gasteiger partial charge in [0, 0.05) is 31.7 Å². The van der Waals surface area contributed by atoms with E-state index in [-0.39, 0.29) is 17.9 Å². The Morgan fingerprint density at radius 2 is 1.97 bits per heavy atom. The number of nitrogens with one attached hydrogen (secondary N) is 1. The average Bonchev–Trinajstić information content (AvgIpc) is 3.52. The molecule has 3 amide bonds. The van der Waals surface area contributed by atoms with E-state index in [1.165, 1.54) is 0 Å². The van der Waals surface area contributed by atoms with Crippen LogP contribution in [0.25, 0.3) is 11.0 Å². The lowest BCUT2D eigenvalue weighted by Crippen LogP contribution is -2.35. The number of anilines is 1. The van der Waals surface area contributed by atoms with Crippen LogP contribution in [0, 0.1) is 12.8 Å². The molecule has 0 aliphatic carbocycles. The zero-order valence-corrected chi connectivity index (χ0v) is 22.1. The van der Waals surface area contributed by atoms with Gasteiger partial charge in [-0.3, -0.25) is 19.6 Å². The molecule has 1 aliphatic rings. The minimum atomic E-state index is -0.544. The van der Waals surface area contributed by atoms with Gasteiger partial charge >= 0.3 is 6.09 Å². The van der Waals surface area contributed by atoms with Crippen LogP contribution in [0.4, 0.5) is 10.7 Å². The van der Waals surface area contributed by atoms with Gasteiger partial charge in [-0.15, -0.1) is 0 Å². The second kappa shape index (κ2) is 10.2. The summed E-state index contributed by atoms with van der Waals surface area (Å²) < 4.78 is 9.10. The van der Waals surface area contributed by atoms with Crippen LogP contribution in [-0.4, -0.2) is 60.8 Å². The standard InChI is InChI=1S/C26H35N7O4/c1-6-33-21(13-16(2)30-33)23(35)29-24-28-19-14-18(22(27)34)7-8-20(19)32(24)12-10-17-9-11-31(15-17)25(36)37-26(3,4)5/h7-8,13-14,17H,6,9-12,15H2,1-5H3,(H2,27,34)(H,28,29,35)/t17-/m1/s1. The summed E-state index contributed by atoms with van der Waals surface area (Å²) >= 11 is 0. The molecule has 2 aromatic heterocycles. The first-order valence-electron chi connectivity index (χ1n) is 12.6. The summed E-state index contributed by atoms with van der Waals surface area (Å²) in [5.74, 6) is -0.198. The van der Waals surface area contributed by atoms with E-state index in [2.05, 4.69) is 15.4 Å². The van der Waals surface area contributed by atoms with Gasteiger partial charge in [0.1, 0.15) is 11.3 Å². The molecule has 4 rings (SSSR count). The van der Waals surface area contributed by atoms with Crippen molar-refractivity contribution < 1.29 is 19.1 Å². The number of likely N-dealkylation sites (tertiary alicyclic amines) is 1. The molecule has 0 radical (unpaired) electrons. The van der Waals surface area contributed by atoms with Gasteiger partial charge in [-0.2, -0.15) is 5.10 Å². The maximum Gasteiger partial charge on any atom is 0.410 e. The molecule has 0 spiro atoms. The van der Waals surface area contributed by atoms with Crippen LogP contribution >= 0.6 is 0 Å². The Labute approximate surface area is 215 Å². The number of carbonyl (C=O) groups excluding carboxylic acids is 3. The van der Waals surface area contributed by atoms with Crippen molar-refractivity contribution in [3.63, 3.8) is 0 Å². The van der Waals surface area contributed by atoms with Gasteiger partial charge in [0.05, 0.1) is 16.7 Å². The first-order chi connectivity index (χ1) is 17.4. The molecular formula is C26H35N7O4. The maximum atomic E-state index is 13.1. The number of benzene rings is 1. The lowest BCUT2D eigenvalue weighted by atomic mass is 10.1. The van der Waals surface area contributed by atoms with Gasteiger partial charge in [-0.25, -0.2) is 9.78 Å². The quantitative estimate of drug-likeness (QED) is 0.500. The molecule has 0 unspecified atom stereocenters. The van der Waals surface area contributed by atoms with Crippen LogP contribution in [0.5, 0.6) is 0 Å². The van der Waals surface area contributed by atoms with Crippen LogP contribution in [0.2, 0.25) is 0 Å². The number of carbonyl (C=O) groups is 3. The molecule has 0 bridgehead atoms. The number of nitrogens with two attached hydrogens (primary N) is 1. The zero-order valence-electron chi connectivity index (χ0n) is 22.1. The van der Waals surface area contributed by atoms with Gasteiger partial charge in [0.15, 0.2) is 0 Å². The van der Waals surface area contributed by atoms with E-state index in [9.17, 15) is 14.4 Å². The van der Waals surface area contributed by atoms with Gasteiger partial charge in [-0.05, 0) is 77.6 Å². The highest BCUT2D eigenvalue weighted by Crippen LogP contribution is 2.27. The molecule has 198 valence electrons. The van der Waals surface area contributed by atoms with Crippen LogP contribution in [0.3, 0.4) is 0 Å². The van der Waals surface area contributed by atoms with E-state index in [0.717, 1.165) is 24.1 Å². The van der Waals surface area contributed by atoms with Gasteiger partial charge in [-0.1, -0.05) is 0 Å². The summed E-state index contributed by atoms with van der Waals surface area (Å²) in [7, 11) is 0. The normalized spacial score (nSPS) is 15.8. The third-order valence-electron chi connectivity index (χ3n) is 6.39. The van der Waals surface area contributed by atoms with E-state index in [1.807, 2.05) is 39.2 Å². The highest BCUT2D eigenvalue weighted by Gasteiger charge is 2.30. The number of amides is 3. The van der Waals surface area contributed by atoms with Crippen molar-refractivity contribution in [1.82, 2.24) is 24.2 Å². The van der Waals surface area contributed by atoms with Gasteiger partial charge in [0.2, 0.25) is 11.9 Å². The second-order valence-electron chi connectivity index (χ2n) is 10.5. The Bertz CT molecular complexity index is 1330. The number of rotatable bonds is 7. The van der Waals surface area contributed by atoms with Crippen molar-refractivity contribution in [3.05, 3.63) is 41.2 Å². The number of nitrogens with zero attached hydrogens (tertiary/aromatic N) is 5. The molecule has 3 N–H and O–H groups in total. The van der Waals surface area contributed by atoms with E-state index < -0.39 is 11.5 Å². The average molecular weight is 510 g/mol. The molecule has 1 aromatic carbocycles. The molecule has 11 heteroatoms. The Balaban J connectivity index is 1.55. The van der Waals surface area contributed by atoms with Crippen molar-refractivity contribution in [2.45, 2.75) is 66.2 Å². The number of aryl methyl sites for hydroxylation is 3. The highest BCUT2D eigenvalue weighted by atomic mass is 16.6. The van der Waals surface area contributed by atoms with E-state index >= 15 is 0 Å². The van der Waals surface area contributed by atoms with Crippen LogP contribution < -0.4 is 11.1 Å². The molecule has 3 aromatic rings. The summed E-state index contributed by atoms with van der Waals surface area (Å²) in [6.45, 7) is 11.7. The van der Waals surface area contributed by atoms with E-state index in [1.54, 1.807) is 33.8 Å². The van der Waals surface area contributed by atoms with Crippen molar-refractivity contribution in [1.29, 1.82) is 0 Å². The van der Waals surface area contributed by atoms with Crippen molar-refractivity contribution in [2.75, 3.05) is 18.4 Å². The summed E-state index contributed by atoms with van der Waals surface area (Å²) in [6.07, 6.45) is 1.35. The van der Waals surface area contributed by atoms with Crippen molar-refractivity contribution in [3.8, 4) is 0 Å². The first-order valence-corrected chi connectivity index (χ1v) is 12.6. The molecule has 1 aliphatic heterocycles. The topological polar surface area (TPSA) is 137 Å². The second-order valence-corrected chi connectivity index (χ2v) is 10.5. The Kier molecular flexibility index (Phi) is 7.24. The maximum absolute atomic E-state index is 13.1. The molecule has 11 nitrogen and oxygen atoms in total. The predicted molar refractivity (Wildman–Crippen MR) is 139 cm³/mol. The summed E-state index contributed by atoms with van der Waals surface area (Å²) in [4.78, 5) is 43.7. The molecule has 3 heterocycles. The lowest BCUT2D eigenvalue weighted by Gasteiger charge is -2.24. The number of primary amides is 1. The molecule has 1 saturated heterocycles. The number of ether oxygens (including phenoxy) is 1. The molecule has 37 heavy (non-hydrogen) atoms. The van der Waals surface area contributed by atoms with E-state index in [0.29, 0.717) is 48.9 Å². The smallest absolute Gasteiger partial charge is 0.410 e. The van der Waals surface area contributed by atoms with Gasteiger partial charge in [0.25, 0.3) is 5.91 Å². The minimum absolute atomic E-state index is 0.280. The Morgan fingerprint density at radius 3 is 2.65 bits per heavy atom. The Morgan fingerprint density at radius 1 is 1.22 bits per heavy atom. The number of hydrogen-bond acceptors (Lipinski definition) is 6. The molecule has 1 fully saturated rings. The van der Waals surface area contributed by atoms with Crippen molar-refractivity contribution >= 4 is 34.9 Å². The SMILES string of the molecule is CCn1nc(C)cc1C(=O)Nc1nc2cc(C(N)=O)ccc2n1CC[C@H]1CCN(C(=O)OC(C)(C)C)C1. The molecule has 0 saturated carbocycles. The fourth-order valence-corrected chi connectivity index (χ4v) is 4.61. The largest absolute Gasteiger partial charge is 0.444 e. The van der Waals surface area contributed by atoms with Crippen LogP contribution in [0.15, 0.2) is 24.3 Å². The van der Waals surface area contributed by atoms with Crippen LogP contribution in [0.1, 0.15) is 67.1 Å². The minimum Gasteiger partial charge on any atom is -0.444 e. The third kappa shape index (κ3) is 5.92. The Hall–Kier alpha value is -3.89.